The second-order valence-electron chi connectivity index (χ2n) is 1.03. The summed E-state index contributed by atoms with van der Waals surface area (Å²) < 4.78 is 0. The summed E-state index contributed by atoms with van der Waals surface area (Å²) in [5, 5.41) is 9.65. The van der Waals surface area contributed by atoms with E-state index in [0.29, 0.717) is 0 Å². The Morgan fingerprint density at radius 1 is 1.67 bits per heavy atom. The Labute approximate surface area is 42.8 Å². The maximum Gasteiger partial charge on any atom is 0.128 e. The van der Waals surface area contributed by atoms with E-state index in [2.05, 4.69) is 6.92 Å². The zero-order chi connectivity index (χ0) is 4.83. The molecule has 0 aromatic carbocycles. The third kappa shape index (κ3) is 4.31. The Bertz CT molecular complexity index is 19.5. The lowest BCUT2D eigenvalue weighted by molar-refractivity contribution is 0.260. The second-order valence-corrected chi connectivity index (χ2v) is 2.08. The van der Waals surface area contributed by atoms with Crippen molar-refractivity contribution in [2.45, 2.75) is 13.3 Å². The Morgan fingerprint density at radius 2 is 2.33 bits per heavy atom. The van der Waals surface area contributed by atoms with Crippen LogP contribution in [0.4, 0.5) is 0 Å². The minimum atomic E-state index is 0.0217. The lowest BCUT2D eigenvalue weighted by atomic mass is 10.6. The van der Waals surface area contributed by atoms with Gasteiger partial charge in [-0.1, -0.05) is 6.92 Å². The molecule has 0 N–H and O–H groups in total. The summed E-state index contributed by atoms with van der Waals surface area (Å²) in [4.78, 5) is 0. The highest BCUT2D eigenvalue weighted by Crippen LogP contribution is 1.97. The molecule has 0 aromatic rings. The SMILES string of the molecule is CCCSC[O]. The van der Waals surface area contributed by atoms with Crippen molar-refractivity contribution in [3.05, 3.63) is 0 Å². The van der Waals surface area contributed by atoms with E-state index in [-0.39, 0.29) is 5.94 Å². The molecule has 0 aliphatic carbocycles. The third-order valence-electron chi connectivity index (χ3n) is 0.432. The van der Waals surface area contributed by atoms with Gasteiger partial charge in [0, 0.05) is 0 Å². The van der Waals surface area contributed by atoms with Gasteiger partial charge in [-0.2, -0.15) is 0 Å². The van der Waals surface area contributed by atoms with Crippen LogP contribution in [0.25, 0.3) is 0 Å². The first-order valence-electron chi connectivity index (χ1n) is 2.07. The molecule has 37 valence electrons. The molecule has 0 unspecified atom stereocenters. The van der Waals surface area contributed by atoms with Gasteiger partial charge in [-0.05, 0) is 12.2 Å². The summed E-state index contributed by atoms with van der Waals surface area (Å²) in [6, 6.07) is 0. The van der Waals surface area contributed by atoms with E-state index in [1.165, 1.54) is 11.8 Å². The average Bonchev–Trinajstić information content (AvgIpc) is 1.61. The molecule has 2 heteroatoms. The van der Waals surface area contributed by atoms with Crippen LogP contribution in [0.1, 0.15) is 13.3 Å². The fourth-order valence-corrected chi connectivity index (χ4v) is 0.610. The van der Waals surface area contributed by atoms with Crippen molar-refractivity contribution in [3.63, 3.8) is 0 Å². The molecule has 0 heterocycles. The molecule has 0 amide bonds. The number of hydrogen-bond acceptors (Lipinski definition) is 1. The van der Waals surface area contributed by atoms with Crippen molar-refractivity contribution in [1.29, 1.82) is 0 Å². The minimum Gasteiger partial charge on any atom is -0.225 e. The highest BCUT2D eigenvalue weighted by atomic mass is 32.2. The van der Waals surface area contributed by atoms with Gasteiger partial charge in [-0.25, -0.2) is 5.11 Å². The first-order chi connectivity index (χ1) is 2.91. The molecule has 0 saturated carbocycles. The summed E-state index contributed by atoms with van der Waals surface area (Å²) in [6.45, 7) is 2.07. The Morgan fingerprint density at radius 3 is 2.50 bits per heavy atom. The van der Waals surface area contributed by atoms with Crippen LogP contribution in [-0.2, 0) is 5.11 Å². The van der Waals surface area contributed by atoms with Gasteiger partial charge in [-0.3, -0.25) is 0 Å². The van der Waals surface area contributed by atoms with Crippen LogP contribution in [0.15, 0.2) is 0 Å². The van der Waals surface area contributed by atoms with E-state index in [1.54, 1.807) is 0 Å². The van der Waals surface area contributed by atoms with Gasteiger partial charge < -0.3 is 0 Å². The van der Waals surface area contributed by atoms with Gasteiger partial charge in [0.05, 0.1) is 0 Å². The lowest BCUT2D eigenvalue weighted by Gasteiger charge is -1.84. The molecule has 0 rings (SSSR count). The van der Waals surface area contributed by atoms with Gasteiger partial charge in [0.15, 0.2) is 0 Å². The number of thioether (sulfide) groups is 1. The molecule has 1 nitrogen and oxygen atoms in total. The molecule has 0 aliphatic heterocycles. The molecule has 0 aliphatic rings. The van der Waals surface area contributed by atoms with Gasteiger partial charge in [-0.15, -0.1) is 11.8 Å². The fourth-order valence-electron chi connectivity index (χ4n) is 0.203. The standard InChI is InChI=1S/C4H9OS/c1-2-3-6-4-5/h2-4H2,1H3. The summed E-state index contributed by atoms with van der Waals surface area (Å²) >= 11 is 1.45. The van der Waals surface area contributed by atoms with Crippen molar-refractivity contribution in [2.24, 2.45) is 0 Å². The molecule has 1 radical (unpaired) electrons. The summed E-state index contributed by atoms with van der Waals surface area (Å²) in [5.41, 5.74) is 0. The van der Waals surface area contributed by atoms with Crippen molar-refractivity contribution >= 4 is 11.8 Å². The van der Waals surface area contributed by atoms with Gasteiger partial charge >= 0.3 is 0 Å². The molecule has 0 aromatic heterocycles. The third-order valence-corrected chi connectivity index (χ3v) is 1.30. The molecule has 0 saturated heterocycles. The topological polar surface area (TPSA) is 19.9 Å². The Kier molecular flexibility index (Phi) is 5.58. The van der Waals surface area contributed by atoms with Crippen LogP contribution in [0.5, 0.6) is 0 Å². The second kappa shape index (κ2) is 5.31. The average molecular weight is 105 g/mol. The molecular formula is C4H9OS. The first kappa shape index (κ1) is 6.31. The van der Waals surface area contributed by atoms with Crippen LogP contribution in [0, 0.1) is 0 Å². The smallest absolute Gasteiger partial charge is 0.128 e. The Balaban J connectivity index is 2.34. The predicted octanol–water partition coefficient (Wildman–Crippen LogP) is 1.52. The van der Waals surface area contributed by atoms with Gasteiger partial charge in [0.2, 0.25) is 0 Å². The number of hydrogen-bond donors (Lipinski definition) is 0. The zero-order valence-electron chi connectivity index (χ0n) is 3.94. The lowest BCUT2D eigenvalue weighted by Crippen LogP contribution is -1.73. The summed E-state index contributed by atoms with van der Waals surface area (Å²) in [7, 11) is 0. The maximum atomic E-state index is 9.65. The predicted molar refractivity (Wildman–Crippen MR) is 28.3 cm³/mol. The van der Waals surface area contributed by atoms with E-state index in [4.69, 9.17) is 0 Å². The summed E-state index contributed by atoms with van der Waals surface area (Å²) in [6.07, 6.45) is 1.12. The molecule has 0 spiro atoms. The molecule has 0 atom stereocenters. The van der Waals surface area contributed by atoms with Gasteiger partial charge in [0.25, 0.3) is 0 Å². The van der Waals surface area contributed by atoms with Crippen molar-refractivity contribution in [3.8, 4) is 0 Å². The normalized spacial score (nSPS) is 9.00. The van der Waals surface area contributed by atoms with Crippen LogP contribution in [0.3, 0.4) is 0 Å². The highest BCUT2D eigenvalue weighted by molar-refractivity contribution is 7.99. The van der Waals surface area contributed by atoms with Crippen LogP contribution >= 0.6 is 11.8 Å². The largest absolute Gasteiger partial charge is 0.225 e. The minimum absolute atomic E-state index is 0.0217. The van der Waals surface area contributed by atoms with E-state index >= 15 is 0 Å². The van der Waals surface area contributed by atoms with E-state index in [9.17, 15) is 5.11 Å². The van der Waals surface area contributed by atoms with Crippen molar-refractivity contribution < 1.29 is 5.11 Å². The van der Waals surface area contributed by atoms with Crippen LogP contribution in [-0.4, -0.2) is 11.7 Å². The van der Waals surface area contributed by atoms with Crippen LogP contribution < -0.4 is 0 Å². The molecule has 6 heavy (non-hydrogen) atoms. The fraction of sp³-hybridized carbons (Fsp3) is 1.00. The van der Waals surface area contributed by atoms with Gasteiger partial charge in [0.1, 0.15) is 5.94 Å². The first-order valence-corrected chi connectivity index (χ1v) is 3.23. The monoisotopic (exact) mass is 105 g/mol. The van der Waals surface area contributed by atoms with Crippen molar-refractivity contribution in [2.75, 3.05) is 11.7 Å². The van der Waals surface area contributed by atoms with E-state index < -0.39 is 0 Å². The Hall–Kier alpha value is 0.310. The molecule has 0 fully saturated rings. The van der Waals surface area contributed by atoms with E-state index in [1.807, 2.05) is 0 Å². The zero-order valence-corrected chi connectivity index (χ0v) is 4.75. The molecular weight excluding hydrogens is 96.1 g/mol. The highest BCUT2D eigenvalue weighted by Gasteiger charge is 1.77. The molecule has 0 bridgehead atoms. The summed E-state index contributed by atoms with van der Waals surface area (Å²) in [5.74, 6) is 1.04. The maximum absolute atomic E-state index is 9.65. The van der Waals surface area contributed by atoms with Crippen LogP contribution in [0.2, 0.25) is 0 Å². The number of rotatable bonds is 3. The quantitative estimate of drug-likeness (QED) is 0.393. The van der Waals surface area contributed by atoms with E-state index in [0.717, 1.165) is 12.2 Å². The van der Waals surface area contributed by atoms with Crippen molar-refractivity contribution in [1.82, 2.24) is 0 Å².